The molecule has 0 spiro atoms. The number of hydrogen-bond acceptors (Lipinski definition) is 8. The van der Waals surface area contributed by atoms with Gasteiger partial charge in [-0.3, -0.25) is 4.79 Å². The second-order valence-corrected chi connectivity index (χ2v) is 10.9. The third-order valence-corrected chi connectivity index (χ3v) is 7.46. The first kappa shape index (κ1) is 35.2. The third-order valence-electron chi connectivity index (χ3n) is 7.46. The second kappa shape index (κ2) is 21.9. The number of hydrogen-bond donors (Lipinski definition) is 6. The molecule has 0 saturated carbocycles. The first-order chi connectivity index (χ1) is 18.3. The Morgan fingerprint density at radius 2 is 1.32 bits per heavy atom. The normalized spacial score (nSPS) is 25.3. The van der Waals surface area contributed by atoms with E-state index in [0.29, 0.717) is 12.8 Å². The van der Waals surface area contributed by atoms with Crippen molar-refractivity contribution in [1.82, 2.24) is 5.32 Å². The van der Waals surface area contributed by atoms with Crippen molar-refractivity contribution in [3.8, 4) is 0 Å². The molecule has 7 unspecified atom stereocenters. The fourth-order valence-corrected chi connectivity index (χ4v) is 4.86. The zero-order valence-electron chi connectivity index (χ0n) is 23.9. The Balaban J connectivity index is 2.54. The molecule has 9 heteroatoms. The van der Waals surface area contributed by atoms with Crippen LogP contribution >= 0.6 is 0 Å². The van der Waals surface area contributed by atoms with Gasteiger partial charge in [0.15, 0.2) is 6.29 Å². The minimum atomic E-state index is -1.54. The maximum Gasteiger partial charge on any atom is 0.220 e. The molecule has 7 atom stereocenters. The SMILES string of the molecule is CCCCCCCCCCCC(O)C(COC1OC(CO)C(O)C(O)C1O)NC(=O)CCCCCCCC. The van der Waals surface area contributed by atoms with Gasteiger partial charge in [0, 0.05) is 6.42 Å². The number of amides is 1. The summed E-state index contributed by atoms with van der Waals surface area (Å²) in [6, 6.07) is -0.705. The summed E-state index contributed by atoms with van der Waals surface area (Å²) in [5.41, 5.74) is 0. The number of nitrogens with one attached hydrogen (secondary N) is 1. The largest absolute Gasteiger partial charge is 0.394 e. The van der Waals surface area contributed by atoms with Gasteiger partial charge in [-0.2, -0.15) is 0 Å². The topological polar surface area (TPSA) is 149 Å². The molecule has 1 heterocycles. The molecule has 226 valence electrons. The lowest BCUT2D eigenvalue weighted by molar-refractivity contribution is -0.302. The van der Waals surface area contributed by atoms with Gasteiger partial charge < -0.3 is 40.3 Å². The highest BCUT2D eigenvalue weighted by Crippen LogP contribution is 2.22. The van der Waals surface area contributed by atoms with Gasteiger partial charge in [-0.05, 0) is 12.8 Å². The van der Waals surface area contributed by atoms with E-state index in [1.807, 2.05) is 0 Å². The summed E-state index contributed by atoms with van der Waals surface area (Å²) in [5.74, 6) is -0.158. The number of unbranched alkanes of at least 4 members (excludes halogenated alkanes) is 13. The summed E-state index contributed by atoms with van der Waals surface area (Å²) in [6.07, 6.45) is 10.1. The van der Waals surface area contributed by atoms with Gasteiger partial charge in [0.1, 0.15) is 24.4 Å². The van der Waals surface area contributed by atoms with Crippen LogP contribution in [-0.2, 0) is 14.3 Å². The Morgan fingerprint density at radius 3 is 1.87 bits per heavy atom. The van der Waals surface area contributed by atoms with E-state index in [0.717, 1.165) is 38.5 Å². The van der Waals surface area contributed by atoms with Crippen molar-refractivity contribution in [1.29, 1.82) is 0 Å². The molecule has 0 aromatic heterocycles. The average Bonchev–Trinajstić information content (AvgIpc) is 2.91. The van der Waals surface area contributed by atoms with E-state index < -0.39 is 49.5 Å². The predicted octanol–water partition coefficient (Wildman–Crippen LogP) is 3.32. The number of carbonyl (C=O) groups excluding carboxylic acids is 1. The summed E-state index contributed by atoms with van der Waals surface area (Å²) in [7, 11) is 0. The third kappa shape index (κ3) is 14.5. The molecular formula is C29H57NO8. The molecule has 38 heavy (non-hydrogen) atoms. The van der Waals surface area contributed by atoms with Crippen LogP contribution in [0, 0.1) is 0 Å². The van der Waals surface area contributed by atoms with Crippen LogP contribution in [0.2, 0.25) is 0 Å². The van der Waals surface area contributed by atoms with Crippen molar-refractivity contribution in [2.75, 3.05) is 13.2 Å². The minimum Gasteiger partial charge on any atom is -0.394 e. The molecule has 0 aliphatic carbocycles. The molecule has 0 bridgehead atoms. The summed E-state index contributed by atoms with van der Waals surface area (Å²) in [4.78, 5) is 12.6. The summed E-state index contributed by atoms with van der Waals surface area (Å²) in [5, 5.41) is 53.4. The molecule has 0 aromatic rings. The summed E-state index contributed by atoms with van der Waals surface area (Å²) < 4.78 is 11.1. The summed E-state index contributed by atoms with van der Waals surface area (Å²) in [6.45, 7) is 3.69. The highest BCUT2D eigenvalue weighted by Gasteiger charge is 2.44. The van der Waals surface area contributed by atoms with Gasteiger partial charge in [-0.25, -0.2) is 0 Å². The quantitative estimate of drug-likeness (QED) is 0.107. The Hall–Kier alpha value is -0.810. The molecule has 6 N–H and O–H groups in total. The standard InChI is InChI=1S/C29H57NO8/c1-3-5-7-9-11-12-13-14-16-18-23(32)22(30-25(33)19-17-15-10-8-6-4-2)21-37-29-28(36)27(35)26(34)24(20-31)38-29/h22-24,26-29,31-32,34-36H,3-21H2,1-2H3,(H,30,33). The second-order valence-electron chi connectivity index (χ2n) is 10.9. The number of rotatable bonds is 23. The fraction of sp³-hybridized carbons (Fsp3) is 0.966. The summed E-state index contributed by atoms with van der Waals surface area (Å²) >= 11 is 0. The van der Waals surface area contributed by atoms with Crippen LogP contribution in [0.5, 0.6) is 0 Å². The van der Waals surface area contributed by atoms with E-state index >= 15 is 0 Å². The average molecular weight is 548 g/mol. The lowest BCUT2D eigenvalue weighted by Gasteiger charge is -2.40. The van der Waals surface area contributed by atoms with Gasteiger partial charge in [-0.1, -0.05) is 104 Å². The zero-order valence-corrected chi connectivity index (χ0v) is 23.9. The number of carbonyl (C=O) groups is 1. The van der Waals surface area contributed by atoms with Crippen molar-refractivity contribution in [2.45, 2.75) is 166 Å². The maximum atomic E-state index is 12.6. The van der Waals surface area contributed by atoms with Crippen LogP contribution in [0.3, 0.4) is 0 Å². The van der Waals surface area contributed by atoms with E-state index in [4.69, 9.17) is 9.47 Å². The molecular weight excluding hydrogens is 490 g/mol. The maximum absolute atomic E-state index is 12.6. The van der Waals surface area contributed by atoms with Gasteiger partial charge in [0.2, 0.25) is 5.91 Å². The van der Waals surface area contributed by atoms with E-state index in [1.165, 1.54) is 57.8 Å². The van der Waals surface area contributed by atoms with Gasteiger partial charge in [0.05, 0.1) is 25.4 Å². The van der Waals surface area contributed by atoms with Crippen molar-refractivity contribution in [3.63, 3.8) is 0 Å². The number of aliphatic hydroxyl groups is 5. The van der Waals surface area contributed by atoms with Crippen molar-refractivity contribution >= 4 is 5.91 Å². The molecule has 1 aliphatic rings. The van der Waals surface area contributed by atoms with Crippen LogP contribution in [0.15, 0.2) is 0 Å². The van der Waals surface area contributed by atoms with Crippen molar-refractivity contribution in [3.05, 3.63) is 0 Å². The first-order valence-electron chi connectivity index (χ1n) is 15.2. The lowest BCUT2D eigenvalue weighted by atomic mass is 9.99. The first-order valence-corrected chi connectivity index (χ1v) is 15.2. The monoisotopic (exact) mass is 547 g/mol. The molecule has 1 saturated heterocycles. The number of aliphatic hydroxyl groups excluding tert-OH is 5. The Bertz CT molecular complexity index is 579. The van der Waals surface area contributed by atoms with Gasteiger partial charge in [0.25, 0.3) is 0 Å². The molecule has 1 fully saturated rings. The zero-order chi connectivity index (χ0) is 28.2. The lowest BCUT2D eigenvalue weighted by Crippen LogP contribution is -2.60. The van der Waals surface area contributed by atoms with Crippen LogP contribution in [0.1, 0.15) is 123 Å². The highest BCUT2D eigenvalue weighted by atomic mass is 16.7. The Labute approximate surface area is 230 Å². The smallest absolute Gasteiger partial charge is 0.220 e. The highest BCUT2D eigenvalue weighted by molar-refractivity contribution is 5.76. The molecule has 1 aliphatic heterocycles. The molecule has 1 amide bonds. The Kier molecular flexibility index (Phi) is 20.3. The van der Waals surface area contributed by atoms with E-state index in [-0.39, 0.29) is 12.5 Å². The van der Waals surface area contributed by atoms with E-state index in [2.05, 4.69) is 19.2 Å². The number of ether oxygens (including phenoxy) is 2. The molecule has 0 aromatic carbocycles. The van der Waals surface area contributed by atoms with Crippen LogP contribution in [-0.4, -0.2) is 87.5 Å². The van der Waals surface area contributed by atoms with Crippen molar-refractivity contribution in [2.24, 2.45) is 0 Å². The Morgan fingerprint density at radius 1 is 0.789 bits per heavy atom. The fourth-order valence-electron chi connectivity index (χ4n) is 4.86. The molecule has 9 nitrogen and oxygen atoms in total. The van der Waals surface area contributed by atoms with E-state index in [9.17, 15) is 30.3 Å². The van der Waals surface area contributed by atoms with E-state index in [1.54, 1.807) is 0 Å². The van der Waals surface area contributed by atoms with Gasteiger partial charge in [-0.15, -0.1) is 0 Å². The molecule has 0 radical (unpaired) electrons. The predicted molar refractivity (Wildman–Crippen MR) is 147 cm³/mol. The molecule has 1 rings (SSSR count). The van der Waals surface area contributed by atoms with Gasteiger partial charge >= 0.3 is 0 Å². The minimum absolute atomic E-state index is 0.135. The van der Waals surface area contributed by atoms with Crippen LogP contribution < -0.4 is 5.32 Å². The van der Waals surface area contributed by atoms with Crippen molar-refractivity contribution < 1.29 is 39.8 Å². The van der Waals surface area contributed by atoms with Crippen LogP contribution in [0.25, 0.3) is 0 Å². The van der Waals surface area contributed by atoms with Crippen LogP contribution in [0.4, 0.5) is 0 Å².